The lowest BCUT2D eigenvalue weighted by Gasteiger charge is -2.21. The van der Waals surface area contributed by atoms with Crippen LogP contribution in [-0.4, -0.2) is 48.8 Å². The molecule has 0 saturated heterocycles. The number of nitrogens with zero attached hydrogens (tertiary/aromatic N) is 1. The van der Waals surface area contributed by atoms with Gasteiger partial charge in [-0.05, 0) is 32.6 Å². The lowest BCUT2D eigenvalue weighted by atomic mass is 10.2. The molecule has 0 rings (SSSR count). The van der Waals surface area contributed by atoms with Crippen LogP contribution in [0.2, 0.25) is 0 Å². The van der Waals surface area contributed by atoms with Crippen molar-refractivity contribution in [3.05, 3.63) is 0 Å². The Morgan fingerprint density at radius 1 is 1.23 bits per heavy atom. The van der Waals surface area contributed by atoms with Crippen molar-refractivity contribution in [1.82, 2.24) is 10.2 Å². The smallest absolute Gasteiger partial charge is 0.0585 e. The van der Waals surface area contributed by atoms with Gasteiger partial charge in [0.15, 0.2) is 0 Å². The Kier molecular flexibility index (Phi) is 8.40. The van der Waals surface area contributed by atoms with Crippen LogP contribution in [0, 0.1) is 0 Å². The Hall–Kier alpha value is -0.120. The van der Waals surface area contributed by atoms with Crippen molar-refractivity contribution in [2.45, 2.75) is 33.2 Å². The Labute approximate surface area is 82.1 Å². The number of rotatable bonds is 8. The molecule has 0 fully saturated rings. The third-order valence-electron chi connectivity index (χ3n) is 2.40. The molecule has 0 aliphatic carbocycles. The molecule has 0 aliphatic heterocycles. The molecule has 0 aromatic rings. The fraction of sp³-hybridized carbons (Fsp3) is 1.00. The topological polar surface area (TPSA) is 35.5 Å². The summed E-state index contributed by atoms with van der Waals surface area (Å²) in [6.07, 6.45) is 1.03. The van der Waals surface area contributed by atoms with Crippen molar-refractivity contribution >= 4 is 0 Å². The van der Waals surface area contributed by atoms with Crippen LogP contribution in [0.5, 0.6) is 0 Å². The molecule has 0 heterocycles. The van der Waals surface area contributed by atoms with Crippen LogP contribution in [0.3, 0.4) is 0 Å². The Balaban J connectivity index is 3.56. The summed E-state index contributed by atoms with van der Waals surface area (Å²) in [5.74, 6) is 0. The molecule has 0 radical (unpaired) electrons. The van der Waals surface area contributed by atoms with Gasteiger partial charge in [0.05, 0.1) is 6.61 Å². The average molecular weight is 188 g/mol. The zero-order valence-electron chi connectivity index (χ0n) is 9.21. The summed E-state index contributed by atoms with van der Waals surface area (Å²) in [7, 11) is 0. The number of hydrogen-bond acceptors (Lipinski definition) is 3. The summed E-state index contributed by atoms with van der Waals surface area (Å²) in [4.78, 5) is 2.38. The molecule has 0 spiro atoms. The van der Waals surface area contributed by atoms with E-state index in [-0.39, 0.29) is 12.6 Å². The van der Waals surface area contributed by atoms with Crippen LogP contribution in [0.1, 0.15) is 27.2 Å². The third kappa shape index (κ3) is 6.02. The Morgan fingerprint density at radius 2 is 1.85 bits per heavy atom. The largest absolute Gasteiger partial charge is 0.395 e. The Morgan fingerprint density at radius 3 is 2.23 bits per heavy atom. The zero-order valence-corrected chi connectivity index (χ0v) is 9.21. The molecule has 3 nitrogen and oxygen atoms in total. The Bertz CT molecular complexity index is 105. The fourth-order valence-corrected chi connectivity index (χ4v) is 1.42. The summed E-state index contributed by atoms with van der Waals surface area (Å²) in [5.41, 5.74) is 0. The van der Waals surface area contributed by atoms with Gasteiger partial charge in [-0.25, -0.2) is 0 Å². The maximum Gasteiger partial charge on any atom is 0.0585 e. The molecule has 0 aromatic carbocycles. The number of nitrogens with one attached hydrogen (secondary N) is 1. The maximum absolute atomic E-state index is 9.03. The normalized spacial score (nSPS) is 13.6. The van der Waals surface area contributed by atoms with Crippen molar-refractivity contribution in [2.75, 3.05) is 32.8 Å². The van der Waals surface area contributed by atoms with Crippen LogP contribution in [0.4, 0.5) is 0 Å². The molecule has 0 aromatic heterocycles. The van der Waals surface area contributed by atoms with E-state index in [1.54, 1.807) is 0 Å². The van der Waals surface area contributed by atoms with Crippen molar-refractivity contribution in [3.63, 3.8) is 0 Å². The molecule has 0 amide bonds. The summed E-state index contributed by atoms with van der Waals surface area (Å²) >= 11 is 0. The first-order valence-electron chi connectivity index (χ1n) is 5.34. The molecule has 0 saturated carbocycles. The highest BCUT2D eigenvalue weighted by atomic mass is 16.3. The van der Waals surface area contributed by atoms with E-state index in [0.717, 1.165) is 32.6 Å². The van der Waals surface area contributed by atoms with Crippen molar-refractivity contribution < 1.29 is 5.11 Å². The molecule has 0 bridgehead atoms. The second-order valence-corrected chi connectivity index (χ2v) is 3.25. The van der Waals surface area contributed by atoms with E-state index >= 15 is 0 Å². The van der Waals surface area contributed by atoms with Gasteiger partial charge in [-0.3, -0.25) is 0 Å². The number of aliphatic hydroxyl groups is 1. The minimum atomic E-state index is 0.245. The lowest BCUT2D eigenvalue weighted by molar-refractivity contribution is 0.213. The van der Waals surface area contributed by atoms with Crippen molar-refractivity contribution in [1.29, 1.82) is 0 Å². The summed E-state index contributed by atoms with van der Waals surface area (Å²) < 4.78 is 0. The maximum atomic E-state index is 9.03. The van der Waals surface area contributed by atoms with Gasteiger partial charge in [0.2, 0.25) is 0 Å². The standard InChI is InChI=1S/C10H24N2O/c1-4-11-10(9-13)7-8-12(5-2)6-3/h10-11,13H,4-9H2,1-3H3. The number of aliphatic hydroxyl groups excluding tert-OH is 1. The first-order chi connectivity index (χ1) is 6.28. The van der Waals surface area contributed by atoms with Crippen LogP contribution >= 0.6 is 0 Å². The van der Waals surface area contributed by atoms with Crippen LogP contribution in [0.15, 0.2) is 0 Å². The quantitative estimate of drug-likeness (QED) is 0.588. The SMILES string of the molecule is CCNC(CO)CCN(CC)CC. The van der Waals surface area contributed by atoms with Crippen LogP contribution < -0.4 is 5.32 Å². The highest BCUT2D eigenvalue weighted by Crippen LogP contribution is 1.95. The van der Waals surface area contributed by atoms with Gasteiger partial charge in [-0.15, -0.1) is 0 Å². The van der Waals surface area contributed by atoms with Gasteiger partial charge in [-0.2, -0.15) is 0 Å². The van der Waals surface area contributed by atoms with E-state index < -0.39 is 0 Å². The third-order valence-corrected chi connectivity index (χ3v) is 2.40. The predicted molar refractivity (Wildman–Crippen MR) is 57.0 cm³/mol. The first-order valence-corrected chi connectivity index (χ1v) is 5.34. The molecule has 1 unspecified atom stereocenters. The van der Waals surface area contributed by atoms with E-state index in [9.17, 15) is 0 Å². The minimum Gasteiger partial charge on any atom is -0.395 e. The predicted octanol–water partition coefficient (Wildman–Crippen LogP) is 0.689. The summed E-state index contributed by atoms with van der Waals surface area (Å²) in [6.45, 7) is 10.9. The average Bonchev–Trinajstić information content (AvgIpc) is 2.17. The zero-order chi connectivity index (χ0) is 10.1. The molecule has 13 heavy (non-hydrogen) atoms. The molecule has 3 heteroatoms. The van der Waals surface area contributed by atoms with Gasteiger partial charge in [0.1, 0.15) is 0 Å². The highest BCUT2D eigenvalue weighted by molar-refractivity contribution is 4.66. The van der Waals surface area contributed by atoms with Gasteiger partial charge < -0.3 is 15.3 Å². The van der Waals surface area contributed by atoms with Crippen LogP contribution in [0.25, 0.3) is 0 Å². The molecular weight excluding hydrogens is 164 g/mol. The van der Waals surface area contributed by atoms with Gasteiger partial charge in [0.25, 0.3) is 0 Å². The number of likely N-dealkylation sites (N-methyl/N-ethyl adjacent to an activating group) is 1. The second kappa shape index (κ2) is 8.48. The van der Waals surface area contributed by atoms with E-state index in [2.05, 4.69) is 31.0 Å². The van der Waals surface area contributed by atoms with E-state index in [1.807, 2.05) is 0 Å². The van der Waals surface area contributed by atoms with E-state index in [4.69, 9.17) is 5.11 Å². The molecule has 2 N–H and O–H groups in total. The summed E-state index contributed by atoms with van der Waals surface area (Å²) in [6, 6.07) is 0.269. The second-order valence-electron chi connectivity index (χ2n) is 3.25. The monoisotopic (exact) mass is 188 g/mol. The lowest BCUT2D eigenvalue weighted by Crippen LogP contribution is -2.36. The first kappa shape index (κ1) is 12.9. The van der Waals surface area contributed by atoms with Gasteiger partial charge >= 0.3 is 0 Å². The van der Waals surface area contributed by atoms with E-state index in [0.29, 0.717) is 0 Å². The van der Waals surface area contributed by atoms with Gasteiger partial charge in [-0.1, -0.05) is 20.8 Å². The van der Waals surface area contributed by atoms with Crippen molar-refractivity contribution in [2.24, 2.45) is 0 Å². The van der Waals surface area contributed by atoms with E-state index in [1.165, 1.54) is 0 Å². The highest BCUT2D eigenvalue weighted by Gasteiger charge is 2.07. The minimum absolute atomic E-state index is 0.245. The summed E-state index contributed by atoms with van der Waals surface area (Å²) in [5, 5.41) is 12.3. The van der Waals surface area contributed by atoms with Crippen LogP contribution in [-0.2, 0) is 0 Å². The molecule has 0 aliphatic rings. The van der Waals surface area contributed by atoms with Crippen molar-refractivity contribution in [3.8, 4) is 0 Å². The molecule has 80 valence electrons. The molecular formula is C10H24N2O. The molecule has 1 atom stereocenters. The fourth-order valence-electron chi connectivity index (χ4n) is 1.42. The number of hydrogen-bond donors (Lipinski definition) is 2. The van der Waals surface area contributed by atoms with Gasteiger partial charge in [0, 0.05) is 6.04 Å².